The second-order valence-corrected chi connectivity index (χ2v) is 7.10. The van der Waals surface area contributed by atoms with E-state index >= 15 is 0 Å². The molecule has 25 heavy (non-hydrogen) atoms. The molecule has 2 rings (SSSR count). The summed E-state index contributed by atoms with van der Waals surface area (Å²) in [6, 6.07) is 14.2. The van der Waals surface area contributed by atoms with Crippen LogP contribution in [0.5, 0.6) is 0 Å². The monoisotopic (exact) mass is 341 g/mol. The van der Waals surface area contributed by atoms with Gasteiger partial charge in [-0.3, -0.25) is 4.79 Å². The average Bonchev–Trinajstić information content (AvgIpc) is 2.53. The minimum Gasteiger partial charge on any atom is -0.423 e. The number of benzene rings is 2. The van der Waals surface area contributed by atoms with Gasteiger partial charge in [0.15, 0.2) is 0 Å². The van der Waals surface area contributed by atoms with Crippen LogP contribution in [0, 0.1) is 0 Å². The number of hydrogen-bond donors (Lipinski definition) is 3. The standard InChI is InChI=1S/C19H24BNO4/c1-18(2,23)19(3,4)25-20(24)16-11-9-14(10-12-16)13-5-7-15(8-6-13)17(21)22/h5-12,23-24H,1-4H3,(H2,21,22). The van der Waals surface area contributed by atoms with Crippen LogP contribution in [0.2, 0.25) is 0 Å². The number of nitrogens with two attached hydrogens (primary N) is 1. The molecule has 0 saturated heterocycles. The van der Waals surface area contributed by atoms with Gasteiger partial charge in [0.1, 0.15) is 0 Å². The molecule has 0 bridgehead atoms. The van der Waals surface area contributed by atoms with E-state index in [1.165, 1.54) is 0 Å². The SMILES string of the molecule is CC(C)(O)C(C)(C)OB(O)c1ccc(-c2ccc(C(N)=O)cc2)cc1. The van der Waals surface area contributed by atoms with Crippen LogP contribution in [0.25, 0.3) is 11.1 Å². The van der Waals surface area contributed by atoms with E-state index in [2.05, 4.69) is 0 Å². The first-order valence-electron chi connectivity index (χ1n) is 8.10. The number of hydrogen-bond acceptors (Lipinski definition) is 4. The summed E-state index contributed by atoms with van der Waals surface area (Å²) in [5.41, 5.74) is 6.14. The molecule has 0 spiro atoms. The van der Waals surface area contributed by atoms with Crippen LogP contribution in [-0.2, 0) is 4.65 Å². The summed E-state index contributed by atoms with van der Waals surface area (Å²) in [6.07, 6.45) is 0. The Labute approximate surface area is 148 Å². The zero-order valence-corrected chi connectivity index (χ0v) is 15.0. The highest BCUT2D eigenvalue weighted by atomic mass is 16.5. The second-order valence-electron chi connectivity index (χ2n) is 7.10. The maximum Gasteiger partial charge on any atom is 0.491 e. The van der Waals surface area contributed by atoms with Gasteiger partial charge < -0.3 is 20.5 Å². The number of primary amides is 1. The van der Waals surface area contributed by atoms with Crippen LogP contribution in [0.1, 0.15) is 38.1 Å². The Morgan fingerprint density at radius 2 is 1.40 bits per heavy atom. The topological polar surface area (TPSA) is 92.8 Å². The van der Waals surface area contributed by atoms with Crippen LogP contribution >= 0.6 is 0 Å². The number of carbonyl (C=O) groups is 1. The molecule has 1 amide bonds. The normalized spacial score (nSPS) is 12.1. The molecule has 2 aromatic carbocycles. The largest absolute Gasteiger partial charge is 0.491 e. The van der Waals surface area contributed by atoms with E-state index in [0.717, 1.165) is 11.1 Å². The lowest BCUT2D eigenvalue weighted by atomic mass is 9.76. The van der Waals surface area contributed by atoms with Crippen molar-refractivity contribution in [3.05, 3.63) is 54.1 Å². The lowest BCUT2D eigenvalue weighted by Gasteiger charge is -2.38. The third kappa shape index (κ3) is 4.48. The minimum absolute atomic E-state index is 0.457. The Kier molecular flexibility index (Phi) is 5.37. The molecule has 0 saturated carbocycles. The maximum absolute atomic E-state index is 11.1. The van der Waals surface area contributed by atoms with Gasteiger partial charge in [0, 0.05) is 5.56 Å². The highest BCUT2D eigenvalue weighted by Crippen LogP contribution is 2.25. The van der Waals surface area contributed by atoms with Crippen molar-refractivity contribution in [2.24, 2.45) is 5.73 Å². The van der Waals surface area contributed by atoms with Gasteiger partial charge in [-0.1, -0.05) is 36.4 Å². The van der Waals surface area contributed by atoms with Crippen molar-refractivity contribution >= 4 is 18.5 Å². The molecule has 6 heteroatoms. The predicted molar refractivity (Wildman–Crippen MR) is 99.5 cm³/mol. The van der Waals surface area contributed by atoms with Gasteiger partial charge in [-0.05, 0) is 56.4 Å². The molecule has 132 valence electrons. The summed E-state index contributed by atoms with van der Waals surface area (Å²) in [5, 5.41) is 20.4. The Morgan fingerprint density at radius 1 is 0.960 bits per heavy atom. The lowest BCUT2D eigenvalue weighted by Crippen LogP contribution is -2.53. The fraction of sp³-hybridized carbons (Fsp3) is 0.316. The maximum atomic E-state index is 11.1. The van der Waals surface area contributed by atoms with Crippen molar-refractivity contribution in [3.63, 3.8) is 0 Å². The molecule has 0 aliphatic carbocycles. The second kappa shape index (κ2) is 7.00. The van der Waals surface area contributed by atoms with Crippen LogP contribution in [0.3, 0.4) is 0 Å². The first-order valence-corrected chi connectivity index (χ1v) is 8.10. The van der Waals surface area contributed by atoms with Gasteiger partial charge >= 0.3 is 7.12 Å². The van der Waals surface area contributed by atoms with Crippen molar-refractivity contribution in [1.29, 1.82) is 0 Å². The van der Waals surface area contributed by atoms with Crippen LogP contribution < -0.4 is 11.2 Å². The molecular weight excluding hydrogens is 317 g/mol. The predicted octanol–water partition coefficient (Wildman–Crippen LogP) is 1.71. The quantitative estimate of drug-likeness (QED) is 0.698. The number of rotatable bonds is 6. The highest BCUT2D eigenvalue weighted by Gasteiger charge is 2.39. The van der Waals surface area contributed by atoms with E-state index < -0.39 is 24.2 Å². The van der Waals surface area contributed by atoms with Crippen molar-refractivity contribution in [2.75, 3.05) is 0 Å². The first kappa shape index (κ1) is 19.2. The summed E-state index contributed by atoms with van der Waals surface area (Å²) >= 11 is 0. The van der Waals surface area contributed by atoms with Crippen molar-refractivity contribution in [3.8, 4) is 11.1 Å². The zero-order valence-electron chi connectivity index (χ0n) is 15.0. The molecule has 0 aliphatic rings. The van der Waals surface area contributed by atoms with E-state index in [4.69, 9.17) is 10.4 Å². The lowest BCUT2D eigenvalue weighted by molar-refractivity contribution is -0.0982. The smallest absolute Gasteiger partial charge is 0.423 e. The van der Waals surface area contributed by atoms with E-state index in [0.29, 0.717) is 11.0 Å². The van der Waals surface area contributed by atoms with E-state index in [9.17, 15) is 14.9 Å². The van der Waals surface area contributed by atoms with Gasteiger partial charge in [-0.15, -0.1) is 0 Å². The molecular formula is C19H24BNO4. The highest BCUT2D eigenvalue weighted by molar-refractivity contribution is 6.60. The molecule has 4 N–H and O–H groups in total. The Bertz CT molecular complexity index is 734. The van der Waals surface area contributed by atoms with E-state index in [1.54, 1.807) is 52.0 Å². The summed E-state index contributed by atoms with van der Waals surface area (Å²) in [4.78, 5) is 11.1. The molecule has 0 heterocycles. The third-order valence-electron chi connectivity index (χ3n) is 4.58. The Morgan fingerprint density at radius 3 is 1.80 bits per heavy atom. The van der Waals surface area contributed by atoms with Crippen LogP contribution in [0.15, 0.2) is 48.5 Å². The van der Waals surface area contributed by atoms with Gasteiger partial charge in [0.25, 0.3) is 0 Å². The zero-order chi connectivity index (χ0) is 18.8. The van der Waals surface area contributed by atoms with E-state index in [-0.39, 0.29) is 0 Å². The number of carbonyl (C=O) groups excluding carboxylic acids is 1. The summed E-state index contributed by atoms with van der Waals surface area (Å²) in [6.45, 7) is 6.73. The third-order valence-corrected chi connectivity index (χ3v) is 4.58. The fourth-order valence-electron chi connectivity index (χ4n) is 2.16. The summed E-state index contributed by atoms with van der Waals surface area (Å²) in [5.74, 6) is -0.461. The van der Waals surface area contributed by atoms with Crippen molar-refractivity contribution in [2.45, 2.75) is 38.9 Å². The van der Waals surface area contributed by atoms with Crippen molar-refractivity contribution < 1.29 is 19.6 Å². The van der Waals surface area contributed by atoms with Crippen LogP contribution in [-0.4, -0.2) is 34.4 Å². The number of aliphatic hydroxyl groups is 1. The van der Waals surface area contributed by atoms with E-state index in [1.807, 2.05) is 24.3 Å². The fourth-order valence-corrected chi connectivity index (χ4v) is 2.16. The Balaban J connectivity index is 2.15. The molecule has 0 fully saturated rings. The molecule has 2 aromatic rings. The summed E-state index contributed by atoms with van der Waals surface area (Å²) < 4.78 is 5.63. The van der Waals surface area contributed by atoms with Crippen molar-refractivity contribution in [1.82, 2.24) is 0 Å². The van der Waals surface area contributed by atoms with Gasteiger partial charge in [0.2, 0.25) is 5.91 Å². The van der Waals surface area contributed by atoms with Gasteiger partial charge in [-0.2, -0.15) is 0 Å². The van der Waals surface area contributed by atoms with Gasteiger partial charge in [0.05, 0.1) is 11.2 Å². The van der Waals surface area contributed by atoms with Crippen LogP contribution in [0.4, 0.5) is 0 Å². The summed E-state index contributed by atoms with van der Waals surface area (Å²) in [7, 11) is -1.15. The minimum atomic E-state index is -1.15. The molecule has 0 aliphatic heterocycles. The molecule has 0 radical (unpaired) electrons. The first-order chi connectivity index (χ1) is 11.5. The Hall–Kier alpha value is -2.15. The molecule has 5 nitrogen and oxygen atoms in total. The number of amides is 1. The molecule has 0 unspecified atom stereocenters. The average molecular weight is 341 g/mol. The van der Waals surface area contributed by atoms with Gasteiger partial charge in [-0.25, -0.2) is 0 Å². The molecule has 0 atom stereocenters. The molecule has 0 aromatic heterocycles.